The van der Waals surface area contributed by atoms with E-state index in [4.69, 9.17) is 0 Å². The Morgan fingerprint density at radius 1 is 1.48 bits per heavy atom. The van der Waals surface area contributed by atoms with Crippen LogP contribution in [0.25, 0.3) is 0 Å². The van der Waals surface area contributed by atoms with E-state index in [1.54, 1.807) is 12.1 Å². The average Bonchev–Trinajstić information content (AvgIpc) is 2.48. The molecule has 1 aromatic heterocycles. The third-order valence-electron chi connectivity index (χ3n) is 3.80. The highest BCUT2D eigenvalue weighted by Crippen LogP contribution is 2.22. The molecule has 0 saturated carbocycles. The summed E-state index contributed by atoms with van der Waals surface area (Å²) in [6, 6.07) is 3.26. The molecule has 5 nitrogen and oxygen atoms in total. The van der Waals surface area contributed by atoms with Crippen molar-refractivity contribution in [1.82, 2.24) is 15.2 Å². The zero-order valence-electron chi connectivity index (χ0n) is 12.9. The lowest BCUT2D eigenvalue weighted by molar-refractivity contribution is -0.141. The average molecular weight is 331 g/mol. The maximum Gasteiger partial charge on any atom is 0.405 e. The van der Waals surface area contributed by atoms with E-state index in [1.807, 2.05) is 17.1 Å². The molecule has 0 aromatic carbocycles. The van der Waals surface area contributed by atoms with Crippen LogP contribution in [0.5, 0.6) is 5.75 Å². The van der Waals surface area contributed by atoms with Crippen molar-refractivity contribution in [1.29, 1.82) is 0 Å². The van der Waals surface area contributed by atoms with Gasteiger partial charge in [0, 0.05) is 18.8 Å². The summed E-state index contributed by atoms with van der Waals surface area (Å²) in [5, 5.41) is 11.8. The summed E-state index contributed by atoms with van der Waals surface area (Å²) in [6.07, 6.45) is -3.12. The SMILES string of the molecule is Cc1ccc(O)c(CN2CCCC(C(=O)NCC(F)(F)F)C2)n1. The van der Waals surface area contributed by atoms with Crippen LogP contribution in [-0.4, -0.2) is 46.7 Å². The Kier molecular flexibility index (Phi) is 5.46. The zero-order chi connectivity index (χ0) is 17.0. The van der Waals surface area contributed by atoms with Gasteiger partial charge in [-0.15, -0.1) is 0 Å². The van der Waals surface area contributed by atoms with E-state index in [1.165, 1.54) is 0 Å². The molecule has 1 aliphatic heterocycles. The number of aryl methyl sites for hydroxylation is 1. The van der Waals surface area contributed by atoms with Gasteiger partial charge < -0.3 is 10.4 Å². The van der Waals surface area contributed by atoms with E-state index in [2.05, 4.69) is 4.98 Å². The van der Waals surface area contributed by atoms with Gasteiger partial charge in [0.1, 0.15) is 12.3 Å². The molecule has 0 radical (unpaired) electrons. The fourth-order valence-corrected chi connectivity index (χ4v) is 2.68. The van der Waals surface area contributed by atoms with Crippen molar-refractivity contribution in [2.75, 3.05) is 19.6 Å². The molecule has 1 unspecified atom stereocenters. The number of hydrogen-bond acceptors (Lipinski definition) is 4. The molecule has 0 aliphatic carbocycles. The van der Waals surface area contributed by atoms with Gasteiger partial charge in [0.2, 0.25) is 5.91 Å². The van der Waals surface area contributed by atoms with Gasteiger partial charge in [0.05, 0.1) is 11.6 Å². The van der Waals surface area contributed by atoms with Crippen molar-refractivity contribution < 1.29 is 23.1 Å². The van der Waals surface area contributed by atoms with Gasteiger partial charge in [-0.05, 0) is 38.4 Å². The fraction of sp³-hybridized carbons (Fsp3) is 0.600. The Balaban J connectivity index is 1.92. The summed E-state index contributed by atoms with van der Waals surface area (Å²) in [7, 11) is 0. The van der Waals surface area contributed by atoms with Crippen LogP contribution in [0, 0.1) is 12.8 Å². The van der Waals surface area contributed by atoms with E-state index >= 15 is 0 Å². The maximum atomic E-state index is 12.2. The number of nitrogens with zero attached hydrogens (tertiary/aromatic N) is 2. The molecule has 1 saturated heterocycles. The molecule has 2 rings (SSSR count). The maximum absolute atomic E-state index is 12.2. The van der Waals surface area contributed by atoms with Crippen molar-refractivity contribution >= 4 is 5.91 Å². The van der Waals surface area contributed by atoms with Crippen LogP contribution in [0.2, 0.25) is 0 Å². The Morgan fingerprint density at radius 2 is 2.22 bits per heavy atom. The quantitative estimate of drug-likeness (QED) is 0.885. The van der Waals surface area contributed by atoms with Crippen LogP contribution in [0.1, 0.15) is 24.2 Å². The first kappa shape index (κ1) is 17.5. The Bertz CT molecular complexity index is 563. The highest BCUT2D eigenvalue weighted by atomic mass is 19.4. The van der Waals surface area contributed by atoms with Gasteiger partial charge in [-0.2, -0.15) is 13.2 Å². The summed E-state index contributed by atoms with van der Waals surface area (Å²) in [6.45, 7) is 1.96. The number of halogens is 3. The number of alkyl halides is 3. The minimum absolute atomic E-state index is 0.0826. The molecule has 1 amide bonds. The summed E-state index contributed by atoms with van der Waals surface area (Å²) >= 11 is 0. The lowest BCUT2D eigenvalue weighted by atomic mass is 9.97. The molecular weight excluding hydrogens is 311 g/mol. The van der Waals surface area contributed by atoms with Crippen LogP contribution >= 0.6 is 0 Å². The summed E-state index contributed by atoms with van der Waals surface area (Å²) < 4.78 is 36.5. The highest BCUT2D eigenvalue weighted by Gasteiger charge is 2.31. The van der Waals surface area contributed by atoms with Crippen LogP contribution in [-0.2, 0) is 11.3 Å². The molecule has 2 N–H and O–H groups in total. The number of hydrogen-bond donors (Lipinski definition) is 2. The normalized spacial score (nSPS) is 19.6. The smallest absolute Gasteiger partial charge is 0.405 e. The van der Waals surface area contributed by atoms with E-state index < -0.39 is 24.5 Å². The Hall–Kier alpha value is -1.83. The van der Waals surface area contributed by atoms with E-state index in [-0.39, 0.29) is 5.75 Å². The second-order valence-corrected chi connectivity index (χ2v) is 5.83. The van der Waals surface area contributed by atoms with Crippen LogP contribution in [0.15, 0.2) is 12.1 Å². The van der Waals surface area contributed by atoms with Gasteiger partial charge in [-0.1, -0.05) is 0 Å². The number of carbonyl (C=O) groups is 1. The topological polar surface area (TPSA) is 65.5 Å². The Labute approximate surface area is 132 Å². The number of likely N-dealkylation sites (tertiary alicyclic amines) is 1. The first-order valence-corrected chi connectivity index (χ1v) is 7.47. The second-order valence-electron chi connectivity index (χ2n) is 5.83. The van der Waals surface area contributed by atoms with Gasteiger partial charge in [0.25, 0.3) is 0 Å². The Morgan fingerprint density at radius 3 is 2.91 bits per heavy atom. The van der Waals surface area contributed by atoms with Crippen molar-refractivity contribution in [3.63, 3.8) is 0 Å². The number of aromatic nitrogens is 1. The van der Waals surface area contributed by atoms with E-state index in [9.17, 15) is 23.1 Å². The number of amides is 1. The van der Waals surface area contributed by atoms with Gasteiger partial charge in [0.15, 0.2) is 0 Å². The molecule has 8 heteroatoms. The first-order valence-electron chi connectivity index (χ1n) is 7.47. The fourth-order valence-electron chi connectivity index (χ4n) is 2.68. The zero-order valence-corrected chi connectivity index (χ0v) is 12.9. The van der Waals surface area contributed by atoms with Gasteiger partial charge in [-0.25, -0.2) is 0 Å². The number of nitrogens with one attached hydrogen (secondary N) is 1. The summed E-state index contributed by atoms with van der Waals surface area (Å²) in [5.74, 6) is -0.967. The lowest BCUT2D eigenvalue weighted by Crippen LogP contribution is -2.44. The molecule has 0 bridgehead atoms. The van der Waals surface area contributed by atoms with Crippen LogP contribution in [0.3, 0.4) is 0 Å². The van der Waals surface area contributed by atoms with E-state index in [0.717, 1.165) is 18.7 Å². The van der Waals surface area contributed by atoms with Gasteiger partial charge >= 0.3 is 6.18 Å². The molecule has 128 valence electrons. The van der Waals surface area contributed by atoms with Crippen molar-refractivity contribution in [3.8, 4) is 5.75 Å². The van der Waals surface area contributed by atoms with Crippen molar-refractivity contribution in [2.24, 2.45) is 5.92 Å². The van der Waals surface area contributed by atoms with Gasteiger partial charge in [-0.3, -0.25) is 14.7 Å². The molecule has 1 aliphatic rings. The number of aromatic hydroxyl groups is 1. The third kappa shape index (κ3) is 5.38. The van der Waals surface area contributed by atoms with E-state index in [0.29, 0.717) is 25.2 Å². The largest absolute Gasteiger partial charge is 0.506 e. The highest BCUT2D eigenvalue weighted by molar-refractivity contribution is 5.79. The predicted molar refractivity (Wildman–Crippen MR) is 77.7 cm³/mol. The number of carbonyl (C=O) groups excluding carboxylic acids is 1. The third-order valence-corrected chi connectivity index (χ3v) is 3.80. The minimum atomic E-state index is -4.40. The van der Waals surface area contributed by atoms with Crippen molar-refractivity contribution in [3.05, 3.63) is 23.5 Å². The predicted octanol–water partition coefficient (Wildman–Crippen LogP) is 1.99. The molecule has 1 aromatic rings. The number of pyridine rings is 1. The van der Waals surface area contributed by atoms with Crippen LogP contribution in [0.4, 0.5) is 13.2 Å². The summed E-state index contributed by atoms with van der Waals surface area (Å²) in [5.41, 5.74) is 1.29. The summed E-state index contributed by atoms with van der Waals surface area (Å²) in [4.78, 5) is 18.1. The van der Waals surface area contributed by atoms with Crippen molar-refractivity contribution in [2.45, 2.75) is 32.5 Å². The standard InChI is InChI=1S/C15H20F3N3O2/c1-10-4-5-13(22)12(20-10)8-21-6-2-3-11(7-21)14(23)19-9-15(16,17)18/h4-5,11,22H,2-3,6-9H2,1H3,(H,19,23). The molecule has 0 spiro atoms. The minimum Gasteiger partial charge on any atom is -0.506 e. The lowest BCUT2D eigenvalue weighted by Gasteiger charge is -2.31. The first-order chi connectivity index (χ1) is 10.7. The number of rotatable bonds is 4. The second kappa shape index (κ2) is 7.16. The molecular formula is C15H20F3N3O2. The van der Waals surface area contributed by atoms with Crippen LogP contribution < -0.4 is 5.32 Å². The molecule has 2 heterocycles. The monoisotopic (exact) mass is 331 g/mol. The number of piperidine rings is 1. The molecule has 1 fully saturated rings. The molecule has 1 atom stereocenters. The molecule has 23 heavy (non-hydrogen) atoms.